The first kappa shape index (κ1) is 16.5. The van der Waals surface area contributed by atoms with Crippen LogP contribution in [0.1, 0.15) is 64.7 Å². The van der Waals surface area contributed by atoms with Gasteiger partial charge in [0.05, 0.1) is 0 Å². The summed E-state index contributed by atoms with van der Waals surface area (Å²) >= 11 is 4.92. The van der Waals surface area contributed by atoms with Crippen LogP contribution in [0.4, 0.5) is 0 Å². The largest absolute Gasteiger partial charge is 0.288 e. The van der Waals surface area contributed by atoms with Crippen molar-refractivity contribution < 1.29 is 4.79 Å². The van der Waals surface area contributed by atoms with Crippen LogP contribution in [0.15, 0.2) is 0 Å². The molecule has 0 heterocycles. The molecule has 0 amide bonds. The molecule has 0 spiro atoms. The fourth-order valence-electron chi connectivity index (χ4n) is 1.65. The van der Waals surface area contributed by atoms with Gasteiger partial charge in [0, 0.05) is 18.0 Å². The van der Waals surface area contributed by atoms with Crippen molar-refractivity contribution in [2.75, 3.05) is 11.1 Å². The van der Waals surface area contributed by atoms with E-state index < -0.39 is 0 Å². The summed E-state index contributed by atoms with van der Waals surface area (Å²) in [6.07, 6.45) is 12.1. The van der Waals surface area contributed by atoms with Crippen LogP contribution in [0.25, 0.3) is 0 Å². The van der Waals surface area contributed by atoms with E-state index in [-0.39, 0.29) is 5.12 Å². The molecule has 96 valence electrons. The van der Waals surface area contributed by atoms with E-state index >= 15 is 0 Å². The fraction of sp³-hybridized carbons (Fsp3) is 0.923. The third-order valence-electron chi connectivity index (χ3n) is 2.58. The average molecular weight is 309 g/mol. The molecule has 0 bridgehead atoms. The Labute approximate surface area is 113 Å². The Balaban J connectivity index is 2.90. The Morgan fingerprint density at radius 2 is 1.31 bits per heavy atom. The number of alkyl halides is 1. The molecule has 0 saturated heterocycles. The van der Waals surface area contributed by atoms with Gasteiger partial charge in [-0.25, -0.2) is 0 Å². The summed E-state index contributed by atoms with van der Waals surface area (Å²) in [6.45, 7) is 1.65. The molecule has 0 unspecified atom stereocenters. The first-order valence-corrected chi connectivity index (χ1v) is 8.57. The number of carbonyl (C=O) groups excluding carboxylic acids is 1. The number of hydrogen-bond acceptors (Lipinski definition) is 2. The number of rotatable bonds is 11. The molecule has 0 saturated carbocycles. The number of thioether (sulfide) groups is 1. The Morgan fingerprint density at radius 1 is 0.875 bits per heavy atom. The number of halogens is 1. The summed E-state index contributed by atoms with van der Waals surface area (Å²) in [5.74, 6) is 1.01. The highest BCUT2D eigenvalue weighted by molar-refractivity contribution is 9.09. The molecule has 0 aliphatic carbocycles. The van der Waals surface area contributed by atoms with Gasteiger partial charge in [-0.05, 0) is 12.8 Å². The highest BCUT2D eigenvalue weighted by Crippen LogP contribution is 2.12. The van der Waals surface area contributed by atoms with Crippen molar-refractivity contribution in [1.82, 2.24) is 0 Å². The second-order valence-electron chi connectivity index (χ2n) is 4.21. The van der Waals surface area contributed by atoms with Crippen LogP contribution in [-0.2, 0) is 4.79 Å². The molecule has 3 heteroatoms. The third kappa shape index (κ3) is 14.5. The number of carbonyl (C=O) groups is 1. The minimum absolute atomic E-state index is 0.256. The molecule has 0 rings (SSSR count). The molecule has 0 aromatic carbocycles. The summed E-state index contributed by atoms with van der Waals surface area (Å²) in [4.78, 5) is 10.7. The Morgan fingerprint density at radius 3 is 1.75 bits per heavy atom. The van der Waals surface area contributed by atoms with Gasteiger partial charge in [0.2, 0.25) is 0 Å². The van der Waals surface area contributed by atoms with Gasteiger partial charge in [0.15, 0.2) is 5.12 Å². The first-order chi connectivity index (χ1) is 7.77. The van der Waals surface area contributed by atoms with Crippen LogP contribution in [-0.4, -0.2) is 16.2 Å². The SMILES string of the molecule is CC(=O)SCCCCCCCCCCCBr. The second kappa shape index (κ2) is 13.6. The van der Waals surface area contributed by atoms with E-state index in [2.05, 4.69) is 15.9 Å². The van der Waals surface area contributed by atoms with Gasteiger partial charge in [0.25, 0.3) is 0 Å². The zero-order valence-corrected chi connectivity index (χ0v) is 12.9. The van der Waals surface area contributed by atoms with Gasteiger partial charge >= 0.3 is 0 Å². The van der Waals surface area contributed by atoms with Crippen LogP contribution >= 0.6 is 27.7 Å². The van der Waals surface area contributed by atoms with Crippen LogP contribution < -0.4 is 0 Å². The van der Waals surface area contributed by atoms with Crippen molar-refractivity contribution in [3.05, 3.63) is 0 Å². The molecular weight excluding hydrogens is 284 g/mol. The lowest BCUT2D eigenvalue weighted by atomic mass is 10.1. The summed E-state index contributed by atoms with van der Waals surface area (Å²) in [5.41, 5.74) is 0. The van der Waals surface area contributed by atoms with Crippen LogP contribution in [0.3, 0.4) is 0 Å². The molecular formula is C13H25BrOS. The molecule has 0 aliphatic heterocycles. The molecule has 1 nitrogen and oxygen atoms in total. The smallest absolute Gasteiger partial charge is 0.185 e. The van der Waals surface area contributed by atoms with Gasteiger partial charge in [-0.1, -0.05) is 72.6 Å². The maximum absolute atomic E-state index is 10.7. The van der Waals surface area contributed by atoms with E-state index in [4.69, 9.17) is 0 Å². The summed E-state index contributed by atoms with van der Waals surface area (Å²) in [6, 6.07) is 0. The van der Waals surface area contributed by atoms with Crippen LogP contribution in [0.2, 0.25) is 0 Å². The van der Waals surface area contributed by atoms with E-state index in [1.54, 1.807) is 6.92 Å². The first-order valence-electron chi connectivity index (χ1n) is 6.46. The van der Waals surface area contributed by atoms with E-state index in [9.17, 15) is 4.79 Å². The van der Waals surface area contributed by atoms with Gasteiger partial charge in [-0.2, -0.15) is 0 Å². The Bertz CT molecular complexity index is 162. The summed E-state index contributed by atoms with van der Waals surface area (Å²) < 4.78 is 0. The third-order valence-corrected chi connectivity index (χ3v) is 4.04. The molecule has 0 aromatic rings. The molecule has 0 radical (unpaired) electrons. The predicted octanol–water partition coefficient (Wildman–Crippen LogP) is 5.17. The molecule has 0 aromatic heterocycles. The normalized spacial score (nSPS) is 10.6. The zero-order valence-electron chi connectivity index (χ0n) is 10.5. The van der Waals surface area contributed by atoms with Gasteiger partial charge < -0.3 is 0 Å². The fourth-order valence-corrected chi connectivity index (χ4v) is 2.68. The van der Waals surface area contributed by atoms with E-state index in [0.717, 1.165) is 11.1 Å². The Kier molecular flexibility index (Phi) is 14.0. The average Bonchev–Trinajstić information content (AvgIpc) is 2.25. The Hall–Kier alpha value is 0.500. The predicted molar refractivity (Wildman–Crippen MR) is 78.5 cm³/mol. The quantitative estimate of drug-likeness (QED) is 0.387. The van der Waals surface area contributed by atoms with Crippen molar-refractivity contribution in [1.29, 1.82) is 0 Å². The van der Waals surface area contributed by atoms with Crippen LogP contribution in [0, 0.1) is 0 Å². The van der Waals surface area contributed by atoms with Crippen molar-refractivity contribution in [2.45, 2.75) is 64.7 Å². The van der Waals surface area contributed by atoms with E-state index in [1.807, 2.05) is 0 Å². The standard InChI is InChI=1S/C13H25BrOS/c1-13(15)16-12-10-8-6-4-2-3-5-7-9-11-14/h2-12H2,1H3. The highest BCUT2D eigenvalue weighted by Gasteiger charge is 1.95. The van der Waals surface area contributed by atoms with Gasteiger partial charge in [-0.15, -0.1) is 0 Å². The molecule has 0 aliphatic rings. The monoisotopic (exact) mass is 308 g/mol. The van der Waals surface area contributed by atoms with Gasteiger partial charge in [-0.3, -0.25) is 4.79 Å². The topological polar surface area (TPSA) is 17.1 Å². The number of unbranched alkanes of at least 4 members (excludes halogenated alkanes) is 8. The molecule has 0 atom stereocenters. The maximum Gasteiger partial charge on any atom is 0.185 e. The molecule has 0 N–H and O–H groups in total. The minimum Gasteiger partial charge on any atom is -0.288 e. The zero-order chi connectivity index (χ0) is 12.1. The van der Waals surface area contributed by atoms with Gasteiger partial charge in [0.1, 0.15) is 0 Å². The minimum atomic E-state index is 0.256. The number of hydrogen-bond donors (Lipinski definition) is 0. The van der Waals surface area contributed by atoms with Crippen LogP contribution in [0.5, 0.6) is 0 Å². The summed E-state index contributed by atoms with van der Waals surface area (Å²) in [7, 11) is 0. The second-order valence-corrected chi connectivity index (χ2v) is 6.28. The highest BCUT2D eigenvalue weighted by atomic mass is 79.9. The van der Waals surface area contributed by atoms with Crippen molar-refractivity contribution in [3.63, 3.8) is 0 Å². The van der Waals surface area contributed by atoms with Crippen molar-refractivity contribution in [2.24, 2.45) is 0 Å². The maximum atomic E-state index is 10.7. The molecule has 16 heavy (non-hydrogen) atoms. The lowest BCUT2D eigenvalue weighted by molar-refractivity contribution is -0.109. The van der Waals surface area contributed by atoms with Crippen molar-refractivity contribution >= 4 is 32.8 Å². The van der Waals surface area contributed by atoms with Crippen molar-refractivity contribution in [3.8, 4) is 0 Å². The lowest BCUT2D eigenvalue weighted by Crippen LogP contribution is -1.87. The lowest BCUT2D eigenvalue weighted by Gasteiger charge is -2.01. The van der Waals surface area contributed by atoms with E-state index in [0.29, 0.717) is 0 Å². The molecule has 0 fully saturated rings. The summed E-state index contributed by atoms with van der Waals surface area (Å²) in [5, 5.41) is 1.41. The van der Waals surface area contributed by atoms with E-state index in [1.165, 1.54) is 69.5 Å².